The first-order valence-electron chi connectivity index (χ1n) is 5.94. The Balaban J connectivity index is 1.92. The van der Waals surface area contributed by atoms with Crippen LogP contribution in [-0.4, -0.2) is 42.5 Å². The second-order valence-corrected chi connectivity index (χ2v) is 4.84. The molecule has 3 unspecified atom stereocenters. The summed E-state index contributed by atoms with van der Waals surface area (Å²) in [5.74, 6) is 0.877. The van der Waals surface area contributed by atoms with E-state index in [9.17, 15) is 4.79 Å². The van der Waals surface area contributed by atoms with Crippen LogP contribution in [0.5, 0.6) is 0 Å². The fourth-order valence-electron chi connectivity index (χ4n) is 2.69. The SMILES string of the molecule is CC(CN)N1CCC2NC(=O)CCC2C1. The molecule has 1 amide bonds. The summed E-state index contributed by atoms with van der Waals surface area (Å²) in [5.41, 5.74) is 5.68. The summed E-state index contributed by atoms with van der Waals surface area (Å²) in [6.07, 6.45) is 2.83. The molecule has 2 heterocycles. The molecule has 0 bridgehead atoms. The Morgan fingerprint density at radius 1 is 1.60 bits per heavy atom. The summed E-state index contributed by atoms with van der Waals surface area (Å²) >= 11 is 0. The highest BCUT2D eigenvalue weighted by molar-refractivity contribution is 5.77. The first kappa shape index (κ1) is 10.9. The number of nitrogens with two attached hydrogens (primary N) is 1. The third-order valence-corrected chi connectivity index (χ3v) is 3.82. The maximum absolute atomic E-state index is 11.2. The Morgan fingerprint density at radius 3 is 3.13 bits per heavy atom. The number of rotatable bonds is 2. The maximum atomic E-state index is 11.2. The lowest BCUT2D eigenvalue weighted by Crippen LogP contribution is -2.56. The molecule has 3 N–H and O–H groups in total. The van der Waals surface area contributed by atoms with Gasteiger partial charge in [0.2, 0.25) is 5.91 Å². The lowest BCUT2D eigenvalue weighted by molar-refractivity contribution is -0.125. The van der Waals surface area contributed by atoms with Gasteiger partial charge in [-0.1, -0.05) is 0 Å². The van der Waals surface area contributed by atoms with Crippen molar-refractivity contribution in [1.82, 2.24) is 10.2 Å². The second kappa shape index (κ2) is 4.49. The molecule has 2 aliphatic rings. The highest BCUT2D eigenvalue weighted by Crippen LogP contribution is 2.26. The van der Waals surface area contributed by atoms with Crippen molar-refractivity contribution < 1.29 is 4.79 Å². The standard InChI is InChI=1S/C11H21N3O/c1-8(6-12)14-5-4-10-9(7-14)2-3-11(15)13-10/h8-10H,2-7,12H2,1H3,(H,13,15). The molecular weight excluding hydrogens is 190 g/mol. The Bertz CT molecular complexity index is 244. The number of nitrogens with one attached hydrogen (secondary N) is 1. The number of nitrogens with zero attached hydrogens (tertiary/aromatic N) is 1. The van der Waals surface area contributed by atoms with Crippen LogP contribution in [0.1, 0.15) is 26.2 Å². The van der Waals surface area contributed by atoms with Gasteiger partial charge in [0.05, 0.1) is 0 Å². The summed E-state index contributed by atoms with van der Waals surface area (Å²) in [4.78, 5) is 13.7. The summed E-state index contributed by atoms with van der Waals surface area (Å²) in [6, 6.07) is 0.899. The van der Waals surface area contributed by atoms with E-state index >= 15 is 0 Å². The van der Waals surface area contributed by atoms with Crippen LogP contribution in [0, 0.1) is 5.92 Å². The summed E-state index contributed by atoms with van der Waals surface area (Å²) in [6.45, 7) is 5.08. The Labute approximate surface area is 91.2 Å². The molecule has 15 heavy (non-hydrogen) atoms. The van der Waals surface area contributed by atoms with E-state index in [1.165, 1.54) is 0 Å². The maximum Gasteiger partial charge on any atom is 0.220 e. The van der Waals surface area contributed by atoms with Crippen LogP contribution in [0.15, 0.2) is 0 Å². The van der Waals surface area contributed by atoms with E-state index in [1.807, 2.05) is 0 Å². The molecule has 2 fully saturated rings. The molecule has 0 radical (unpaired) electrons. The normalized spacial score (nSPS) is 34.4. The van der Waals surface area contributed by atoms with Gasteiger partial charge in [-0.05, 0) is 25.7 Å². The van der Waals surface area contributed by atoms with Gasteiger partial charge in [0, 0.05) is 38.1 Å². The molecule has 2 saturated heterocycles. The van der Waals surface area contributed by atoms with E-state index < -0.39 is 0 Å². The van der Waals surface area contributed by atoms with Gasteiger partial charge in [-0.3, -0.25) is 9.69 Å². The molecule has 3 atom stereocenters. The minimum Gasteiger partial charge on any atom is -0.353 e. The number of hydrogen-bond donors (Lipinski definition) is 2. The molecule has 0 aromatic carbocycles. The minimum absolute atomic E-state index is 0.233. The molecule has 4 nitrogen and oxygen atoms in total. The van der Waals surface area contributed by atoms with Crippen molar-refractivity contribution in [3.8, 4) is 0 Å². The van der Waals surface area contributed by atoms with E-state index in [1.54, 1.807) is 0 Å². The van der Waals surface area contributed by atoms with Crippen molar-refractivity contribution in [1.29, 1.82) is 0 Å². The topological polar surface area (TPSA) is 58.4 Å². The fourth-order valence-corrected chi connectivity index (χ4v) is 2.69. The third kappa shape index (κ3) is 2.32. The molecular formula is C11H21N3O. The fraction of sp³-hybridized carbons (Fsp3) is 0.909. The van der Waals surface area contributed by atoms with E-state index in [0.717, 1.165) is 32.5 Å². The van der Waals surface area contributed by atoms with Crippen LogP contribution in [0.4, 0.5) is 0 Å². The van der Waals surface area contributed by atoms with Gasteiger partial charge >= 0.3 is 0 Å². The van der Waals surface area contributed by atoms with Crippen molar-refractivity contribution in [3.63, 3.8) is 0 Å². The molecule has 0 aromatic rings. The predicted molar refractivity (Wildman–Crippen MR) is 59.4 cm³/mol. The van der Waals surface area contributed by atoms with Crippen LogP contribution >= 0.6 is 0 Å². The van der Waals surface area contributed by atoms with E-state index in [-0.39, 0.29) is 5.91 Å². The average molecular weight is 211 g/mol. The van der Waals surface area contributed by atoms with Gasteiger partial charge in [-0.2, -0.15) is 0 Å². The minimum atomic E-state index is 0.233. The lowest BCUT2D eigenvalue weighted by Gasteiger charge is -2.43. The van der Waals surface area contributed by atoms with Crippen molar-refractivity contribution in [2.24, 2.45) is 11.7 Å². The average Bonchev–Trinajstić information content (AvgIpc) is 2.27. The summed E-state index contributed by atoms with van der Waals surface area (Å²) < 4.78 is 0. The molecule has 0 saturated carbocycles. The van der Waals surface area contributed by atoms with Gasteiger partial charge in [0.1, 0.15) is 0 Å². The monoisotopic (exact) mass is 211 g/mol. The van der Waals surface area contributed by atoms with E-state index in [4.69, 9.17) is 5.73 Å². The van der Waals surface area contributed by atoms with Crippen molar-refractivity contribution in [3.05, 3.63) is 0 Å². The number of fused-ring (bicyclic) bond motifs is 1. The van der Waals surface area contributed by atoms with Gasteiger partial charge in [-0.25, -0.2) is 0 Å². The third-order valence-electron chi connectivity index (χ3n) is 3.82. The van der Waals surface area contributed by atoms with Crippen molar-refractivity contribution >= 4 is 5.91 Å². The molecule has 2 rings (SSSR count). The number of carbonyl (C=O) groups is 1. The number of likely N-dealkylation sites (tertiary alicyclic amines) is 1. The first-order chi connectivity index (χ1) is 7.20. The number of carbonyl (C=O) groups excluding carboxylic acids is 1. The van der Waals surface area contributed by atoms with Gasteiger partial charge in [-0.15, -0.1) is 0 Å². The zero-order valence-electron chi connectivity index (χ0n) is 9.41. The van der Waals surface area contributed by atoms with Crippen LogP contribution in [-0.2, 0) is 4.79 Å². The van der Waals surface area contributed by atoms with Gasteiger partial charge in [0.15, 0.2) is 0 Å². The molecule has 0 aliphatic carbocycles. The summed E-state index contributed by atoms with van der Waals surface area (Å²) in [7, 11) is 0. The van der Waals surface area contributed by atoms with Gasteiger partial charge in [0.25, 0.3) is 0 Å². The smallest absolute Gasteiger partial charge is 0.220 e. The van der Waals surface area contributed by atoms with Gasteiger partial charge < -0.3 is 11.1 Å². The number of piperidine rings is 2. The number of hydrogen-bond acceptors (Lipinski definition) is 3. The van der Waals surface area contributed by atoms with Crippen molar-refractivity contribution in [2.75, 3.05) is 19.6 Å². The van der Waals surface area contributed by atoms with Crippen LogP contribution in [0.25, 0.3) is 0 Å². The zero-order chi connectivity index (χ0) is 10.8. The quantitative estimate of drug-likeness (QED) is 0.672. The summed E-state index contributed by atoms with van der Waals surface area (Å²) in [5, 5.41) is 3.10. The molecule has 0 spiro atoms. The highest BCUT2D eigenvalue weighted by Gasteiger charge is 2.34. The highest BCUT2D eigenvalue weighted by atomic mass is 16.1. The van der Waals surface area contributed by atoms with Crippen LogP contribution < -0.4 is 11.1 Å². The Kier molecular flexibility index (Phi) is 3.26. The molecule has 2 aliphatic heterocycles. The second-order valence-electron chi connectivity index (χ2n) is 4.84. The van der Waals surface area contributed by atoms with E-state index in [2.05, 4.69) is 17.1 Å². The largest absolute Gasteiger partial charge is 0.353 e. The molecule has 86 valence electrons. The Morgan fingerprint density at radius 2 is 2.40 bits per heavy atom. The molecule has 4 heteroatoms. The number of amides is 1. The lowest BCUT2D eigenvalue weighted by atomic mass is 9.84. The zero-order valence-corrected chi connectivity index (χ0v) is 9.41. The van der Waals surface area contributed by atoms with E-state index in [0.29, 0.717) is 24.4 Å². The molecule has 0 aromatic heterocycles. The van der Waals surface area contributed by atoms with Crippen LogP contribution in [0.2, 0.25) is 0 Å². The predicted octanol–water partition coefficient (Wildman–Crippen LogP) is -0.0659. The Hall–Kier alpha value is -0.610. The van der Waals surface area contributed by atoms with Crippen molar-refractivity contribution in [2.45, 2.75) is 38.3 Å². The van der Waals surface area contributed by atoms with Crippen LogP contribution in [0.3, 0.4) is 0 Å². The first-order valence-corrected chi connectivity index (χ1v) is 5.94.